The molecule has 1 amide bonds. The second-order valence-electron chi connectivity index (χ2n) is 7.22. The number of fused-ring (bicyclic) bond motifs is 1. The molecule has 2 N–H and O–H groups in total. The molecular weight excluding hydrogens is 414 g/mol. The molecule has 2 aromatic carbocycles. The number of carbonyl (C=O) groups is 1. The first-order chi connectivity index (χ1) is 16.0. The van der Waals surface area contributed by atoms with Gasteiger partial charge in [-0.2, -0.15) is 5.26 Å². The summed E-state index contributed by atoms with van der Waals surface area (Å²) in [5.74, 6) is 1.30. The average Bonchev–Trinajstić information content (AvgIpc) is 3.27. The fourth-order valence-electron chi connectivity index (χ4n) is 3.71. The molecule has 0 fully saturated rings. The van der Waals surface area contributed by atoms with Crippen LogP contribution in [0.15, 0.2) is 48.5 Å². The summed E-state index contributed by atoms with van der Waals surface area (Å²) in [6.07, 6.45) is 0. The number of benzene rings is 2. The zero-order valence-electron chi connectivity index (χ0n) is 19.7. The summed E-state index contributed by atoms with van der Waals surface area (Å²) >= 11 is 0. The van der Waals surface area contributed by atoms with Crippen molar-refractivity contribution in [1.29, 1.82) is 5.26 Å². The number of nitrogens with zero attached hydrogens (tertiary/aromatic N) is 3. The molecule has 0 radical (unpaired) electrons. The van der Waals surface area contributed by atoms with E-state index in [0.717, 1.165) is 28.3 Å². The number of methoxy groups -OCH3 is 1. The molecule has 0 atom stereocenters. The minimum atomic E-state index is -0.198. The number of hydrogen-bond acceptors (Lipinski definition) is 6. The normalized spacial score (nSPS) is 11.5. The van der Waals surface area contributed by atoms with E-state index in [1.54, 1.807) is 31.4 Å². The van der Waals surface area contributed by atoms with Gasteiger partial charge < -0.3 is 20.3 Å². The molecule has 170 valence electrons. The standard InChI is InChI=1S/C24H23N5O2.C2H6/c1-4-26-24(30)18-8-9-22(28-23(18)17-7-5-6-16(11-17)13-25)29-14-27-19-10-15(2)21(31-3)12-20(19)29;1-2/h5-12,27H,4,14H2,1-3H3,(H,26,30);1-2H3. The summed E-state index contributed by atoms with van der Waals surface area (Å²) in [6, 6.07) is 16.9. The van der Waals surface area contributed by atoms with Crippen LogP contribution in [-0.4, -0.2) is 31.2 Å². The largest absolute Gasteiger partial charge is 0.496 e. The van der Waals surface area contributed by atoms with E-state index in [1.807, 2.05) is 50.8 Å². The van der Waals surface area contributed by atoms with Gasteiger partial charge in [-0.05, 0) is 49.7 Å². The van der Waals surface area contributed by atoms with E-state index in [-0.39, 0.29) is 5.91 Å². The van der Waals surface area contributed by atoms with Gasteiger partial charge in [-0.15, -0.1) is 0 Å². The van der Waals surface area contributed by atoms with Crippen LogP contribution in [-0.2, 0) is 0 Å². The molecule has 1 aliphatic rings. The Kier molecular flexibility index (Phi) is 7.52. The number of nitrogens with one attached hydrogen (secondary N) is 2. The van der Waals surface area contributed by atoms with Crippen LogP contribution in [0.4, 0.5) is 17.2 Å². The predicted molar refractivity (Wildman–Crippen MR) is 132 cm³/mol. The molecule has 0 bridgehead atoms. The van der Waals surface area contributed by atoms with Crippen LogP contribution in [0.25, 0.3) is 11.3 Å². The number of pyridine rings is 1. The maximum Gasteiger partial charge on any atom is 0.253 e. The van der Waals surface area contributed by atoms with Gasteiger partial charge in [-0.1, -0.05) is 26.0 Å². The lowest BCUT2D eigenvalue weighted by Gasteiger charge is -2.20. The smallest absolute Gasteiger partial charge is 0.253 e. The molecule has 0 spiro atoms. The molecule has 4 rings (SSSR count). The van der Waals surface area contributed by atoms with Crippen LogP contribution in [0.1, 0.15) is 42.3 Å². The minimum absolute atomic E-state index is 0.198. The van der Waals surface area contributed by atoms with E-state index in [2.05, 4.69) is 22.8 Å². The van der Waals surface area contributed by atoms with Gasteiger partial charge in [0.1, 0.15) is 11.6 Å². The Bertz CT molecular complexity index is 1200. The Labute approximate surface area is 195 Å². The van der Waals surface area contributed by atoms with Crippen LogP contribution in [0.5, 0.6) is 5.75 Å². The van der Waals surface area contributed by atoms with Crippen molar-refractivity contribution in [2.45, 2.75) is 27.7 Å². The Morgan fingerprint density at radius 3 is 2.73 bits per heavy atom. The molecule has 3 aromatic rings. The Morgan fingerprint density at radius 2 is 2.03 bits per heavy atom. The Balaban J connectivity index is 0.00000149. The number of ether oxygens (including phenoxy) is 1. The fraction of sp³-hybridized carbons (Fsp3) is 0.269. The second-order valence-corrected chi connectivity index (χ2v) is 7.22. The summed E-state index contributed by atoms with van der Waals surface area (Å²) in [7, 11) is 1.65. The summed E-state index contributed by atoms with van der Waals surface area (Å²) in [5, 5.41) is 15.5. The Morgan fingerprint density at radius 1 is 1.24 bits per heavy atom. The molecule has 1 aliphatic heterocycles. The number of rotatable bonds is 5. The van der Waals surface area contributed by atoms with Crippen LogP contribution in [0.3, 0.4) is 0 Å². The van der Waals surface area contributed by atoms with Gasteiger partial charge in [-0.25, -0.2) is 4.98 Å². The summed E-state index contributed by atoms with van der Waals surface area (Å²) in [5.41, 5.74) is 5.24. The first-order valence-corrected chi connectivity index (χ1v) is 11.1. The Hall–Kier alpha value is -4.05. The fourth-order valence-corrected chi connectivity index (χ4v) is 3.71. The van der Waals surface area contributed by atoms with E-state index in [0.29, 0.717) is 35.9 Å². The topological polar surface area (TPSA) is 90.3 Å². The van der Waals surface area contributed by atoms with Crippen molar-refractivity contribution in [2.75, 3.05) is 30.5 Å². The minimum Gasteiger partial charge on any atom is -0.496 e. The van der Waals surface area contributed by atoms with E-state index >= 15 is 0 Å². The average molecular weight is 444 g/mol. The first kappa shape index (κ1) is 23.6. The number of amides is 1. The van der Waals surface area contributed by atoms with Gasteiger partial charge in [0.25, 0.3) is 5.91 Å². The summed E-state index contributed by atoms with van der Waals surface area (Å²) in [4.78, 5) is 19.6. The third-order valence-electron chi connectivity index (χ3n) is 5.24. The molecule has 0 aliphatic carbocycles. The summed E-state index contributed by atoms with van der Waals surface area (Å²) in [6.45, 7) is 8.94. The van der Waals surface area contributed by atoms with E-state index in [9.17, 15) is 10.1 Å². The van der Waals surface area contributed by atoms with E-state index in [4.69, 9.17) is 9.72 Å². The lowest BCUT2D eigenvalue weighted by Crippen LogP contribution is -2.24. The molecule has 0 unspecified atom stereocenters. The monoisotopic (exact) mass is 443 g/mol. The lowest BCUT2D eigenvalue weighted by molar-refractivity contribution is 0.0956. The van der Waals surface area contributed by atoms with Crippen LogP contribution >= 0.6 is 0 Å². The molecule has 7 heteroatoms. The molecule has 1 aromatic heterocycles. The molecule has 2 heterocycles. The van der Waals surface area contributed by atoms with Crippen LogP contribution in [0.2, 0.25) is 0 Å². The molecular formula is C26H29N5O2. The van der Waals surface area contributed by atoms with Gasteiger partial charge in [0.15, 0.2) is 0 Å². The highest BCUT2D eigenvalue weighted by molar-refractivity contribution is 6.00. The van der Waals surface area contributed by atoms with Gasteiger partial charge in [0, 0.05) is 18.2 Å². The number of carbonyl (C=O) groups excluding carboxylic acids is 1. The third kappa shape index (κ3) is 4.75. The van der Waals surface area contributed by atoms with Crippen LogP contribution in [0, 0.1) is 18.3 Å². The molecule has 0 saturated heterocycles. The lowest BCUT2D eigenvalue weighted by atomic mass is 10.0. The first-order valence-electron chi connectivity index (χ1n) is 11.1. The van der Waals surface area contributed by atoms with Gasteiger partial charge in [0.2, 0.25) is 0 Å². The van der Waals surface area contributed by atoms with Crippen molar-refractivity contribution in [3.63, 3.8) is 0 Å². The third-order valence-corrected chi connectivity index (χ3v) is 5.24. The van der Waals surface area contributed by atoms with Crippen molar-refractivity contribution in [1.82, 2.24) is 10.3 Å². The molecule has 0 saturated carbocycles. The SMILES string of the molecule is CC.CCNC(=O)c1ccc(N2CNc3cc(C)c(OC)cc32)nc1-c1cccc(C#N)c1. The van der Waals surface area contributed by atoms with Gasteiger partial charge in [-0.3, -0.25) is 4.79 Å². The maximum atomic E-state index is 12.7. The zero-order valence-corrected chi connectivity index (χ0v) is 19.7. The van der Waals surface area contributed by atoms with Crippen molar-refractivity contribution in [3.05, 3.63) is 65.2 Å². The van der Waals surface area contributed by atoms with Crippen molar-refractivity contribution < 1.29 is 9.53 Å². The highest BCUT2D eigenvalue weighted by Crippen LogP contribution is 2.41. The number of hydrogen-bond donors (Lipinski definition) is 2. The summed E-state index contributed by atoms with van der Waals surface area (Å²) < 4.78 is 5.49. The number of aromatic nitrogens is 1. The van der Waals surface area contributed by atoms with Crippen molar-refractivity contribution in [2.24, 2.45) is 0 Å². The maximum absolute atomic E-state index is 12.7. The molecule has 33 heavy (non-hydrogen) atoms. The van der Waals surface area contributed by atoms with Gasteiger partial charge >= 0.3 is 0 Å². The zero-order chi connectivity index (χ0) is 24.0. The molecule has 7 nitrogen and oxygen atoms in total. The number of anilines is 3. The predicted octanol–water partition coefficient (Wildman–Crippen LogP) is 5.23. The number of nitriles is 1. The van der Waals surface area contributed by atoms with E-state index in [1.165, 1.54) is 0 Å². The van der Waals surface area contributed by atoms with Crippen molar-refractivity contribution >= 4 is 23.1 Å². The highest BCUT2D eigenvalue weighted by atomic mass is 16.5. The van der Waals surface area contributed by atoms with Gasteiger partial charge in [0.05, 0.1) is 48.0 Å². The number of aryl methyl sites for hydroxylation is 1. The van der Waals surface area contributed by atoms with Crippen LogP contribution < -0.4 is 20.3 Å². The quantitative estimate of drug-likeness (QED) is 0.561. The second kappa shape index (κ2) is 10.5. The highest BCUT2D eigenvalue weighted by Gasteiger charge is 2.25. The van der Waals surface area contributed by atoms with E-state index < -0.39 is 0 Å². The van der Waals surface area contributed by atoms with Crippen molar-refractivity contribution in [3.8, 4) is 23.1 Å².